The van der Waals surface area contributed by atoms with Gasteiger partial charge in [0.15, 0.2) is 11.5 Å². The monoisotopic (exact) mass is 380 g/mol. The molecule has 0 radical (unpaired) electrons. The van der Waals surface area contributed by atoms with Gasteiger partial charge in [-0.2, -0.15) is 5.10 Å². The van der Waals surface area contributed by atoms with Crippen molar-refractivity contribution < 1.29 is 19.7 Å². The minimum absolute atomic E-state index is 0.00477. The van der Waals surface area contributed by atoms with E-state index in [-0.39, 0.29) is 17.4 Å². The Bertz CT molecular complexity index is 1030. The number of aryl methyl sites for hydroxylation is 1. The summed E-state index contributed by atoms with van der Waals surface area (Å²) in [6, 6.07) is 9.01. The zero-order valence-corrected chi connectivity index (χ0v) is 16.2. The Hall–Kier alpha value is -3.15. The Kier molecular flexibility index (Phi) is 4.63. The molecule has 0 saturated heterocycles. The second kappa shape index (κ2) is 7.11. The Morgan fingerprint density at radius 3 is 2.57 bits per heavy atom. The lowest BCUT2D eigenvalue weighted by molar-refractivity contribution is 0.171. The minimum Gasteiger partial charge on any atom is -0.508 e. The standard InChI is InChI=1S/C22H24N2O4/c1-4-12(2)15-10-16(18(26)11-17(15)25)22-21(13(3)23-24-22)14-5-6-19-20(9-14)28-8-7-27-19/h5-6,9-12,25-26H,4,7-8H2,1-3H3,(H,23,24). The van der Waals surface area contributed by atoms with Gasteiger partial charge < -0.3 is 19.7 Å². The van der Waals surface area contributed by atoms with Crippen LogP contribution in [0, 0.1) is 6.92 Å². The van der Waals surface area contributed by atoms with Gasteiger partial charge in [-0.25, -0.2) is 0 Å². The van der Waals surface area contributed by atoms with E-state index in [2.05, 4.69) is 17.1 Å². The first-order valence-electron chi connectivity index (χ1n) is 9.50. The van der Waals surface area contributed by atoms with E-state index in [1.807, 2.05) is 38.1 Å². The summed E-state index contributed by atoms with van der Waals surface area (Å²) in [4.78, 5) is 0. The van der Waals surface area contributed by atoms with E-state index in [0.29, 0.717) is 30.2 Å². The number of benzene rings is 2. The molecule has 28 heavy (non-hydrogen) atoms. The number of hydrogen-bond acceptors (Lipinski definition) is 5. The molecule has 0 fully saturated rings. The number of fused-ring (bicyclic) bond motifs is 1. The number of H-pyrrole nitrogens is 1. The molecule has 0 amide bonds. The fourth-order valence-electron chi connectivity index (χ4n) is 3.57. The molecule has 0 bridgehead atoms. The van der Waals surface area contributed by atoms with Crippen molar-refractivity contribution in [1.29, 1.82) is 0 Å². The molecule has 0 spiro atoms. The zero-order valence-electron chi connectivity index (χ0n) is 16.2. The molecule has 3 aromatic rings. The number of phenolic OH excluding ortho intramolecular Hbond substituents is 2. The van der Waals surface area contributed by atoms with Crippen molar-refractivity contribution in [3.8, 4) is 45.4 Å². The molecule has 2 aromatic carbocycles. The highest BCUT2D eigenvalue weighted by Crippen LogP contribution is 2.43. The summed E-state index contributed by atoms with van der Waals surface area (Å²) < 4.78 is 11.3. The van der Waals surface area contributed by atoms with Crippen molar-refractivity contribution in [2.45, 2.75) is 33.1 Å². The number of rotatable bonds is 4. The first kappa shape index (κ1) is 18.2. The van der Waals surface area contributed by atoms with E-state index in [1.165, 1.54) is 6.07 Å². The molecule has 1 aromatic heterocycles. The van der Waals surface area contributed by atoms with Gasteiger partial charge in [-0.15, -0.1) is 0 Å². The number of phenols is 2. The Labute approximate surface area is 163 Å². The van der Waals surface area contributed by atoms with Gasteiger partial charge in [0.1, 0.15) is 30.4 Å². The van der Waals surface area contributed by atoms with Crippen LogP contribution in [-0.4, -0.2) is 33.6 Å². The van der Waals surface area contributed by atoms with E-state index in [4.69, 9.17) is 9.47 Å². The number of hydrogen-bond donors (Lipinski definition) is 3. The molecular weight excluding hydrogens is 356 g/mol. The molecule has 4 rings (SSSR count). The molecule has 1 aliphatic rings. The molecule has 2 heterocycles. The lowest BCUT2D eigenvalue weighted by Gasteiger charge is -2.19. The van der Waals surface area contributed by atoms with Gasteiger partial charge in [0.25, 0.3) is 0 Å². The molecule has 1 aliphatic heterocycles. The second-order valence-electron chi connectivity index (χ2n) is 7.17. The highest BCUT2D eigenvalue weighted by Gasteiger charge is 2.22. The number of aromatic hydroxyl groups is 2. The number of nitrogens with zero attached hydrogens (tertiary/aromatic N) is 1. The molecule has 146 valence electrons. The van der Waals surface area contributed by atoms with Crippen LogP contribution in [0.2, 0.25) is 0 Å². The fourth-order valence-corrected chi connectivity index (χ4v) is 3.57. The van der Waals surface area contributed by atoms with Gasteiger partial charge in [-0.05, 0) is 48.6 Å². The van der Waals surface area contributed by atoms with Crippen LogP contribution < -0.4 is 9.47 Å². The molecule has 0 aliphatic carbocycles. The lowest BCUT2D eigenvalue weighted by atomic mass is 9.92. The fraction of sp³-hybridized carbons (Fsp3) is 0.318. The maximum atomic E-state index is 10.5. The SMILES string of the molecule is CCC(C)c1cc(-c2n[nH]c(C)c2-c2ccc3c(c2)OCCO3)c(O)cc1O. The van der Waals surface area contributed by atoms with Crippen LogP contribution in [0.15, 0.2) is 30.3 Å². The van der Waals surface area contributed by atoms with Crippen molar-refractivity contribution in [2.24, 2.45) is 0 Å². The van der Waals surface area contributed by atoms with E-state index >= 15 is 0 Å². The third-order valence-electron chi connectivity index (χ3n) is 5.32. The topological polar surface area (TPSA) is 87.6 Å². The average molecular weight is 380 g/mol. The van der Waals surface area contributed by atoms with E-state index in [1.54, 1.807) is 0 Å². The molecule has 1 atom stereocenters. The number of aromatic amines is 1. The van der Waals surface area contributed by atoms with Crippen LogP contribution in [0.4, 0.5) is 0 Å². The van der Waals surface area contributed by atoms with Crippen LogP contribution >= 0.6 is 0 Å². The third kappa shape index (κ3) is 3.05. The largest absolute Gasteiger partial charge is 0.508 e. The Morgan fingerprint density at radius 2 is 1.82 bits per heavy atom. The first-order valence-corrected chi connectivity index (χ1v) is 9.50. The zero-order chi connectivity index (χ0) is 19.8. The summed E-state index contributed by atoms with van der Waals surface area (Å²) in [6.07, 6.45) is 0.881. The first-order chi connectivity index (χ1) is 13.5. The van der Waals surface area contributed by atoms with Crippen LogP contribution in [-0.2, 0) is 0 Å². The van der Waals surface area contributed by atoms with Crippen LogP contribution in [0.3, 0.4) is 0 Å². The molecule has 1 unspecified atom stereocenters. The van der Waals surface area contributed by atoms with Crippen LogP contribution in [0.25, 0.3) is 22.4 Å². The summed E-state index contributed by atoms with van der Waals surface area (Å²) in [5.74, 6) is 1.69. The Balaban J connectivity index is 1.86. The van der Waals surface area contributed by atoms with Gasteiger partial charge in [-0.3, -0.25) is 5.10 Å². The molecule has 0 saturated carbocycles. The van der Waals surface area contributed by atoms with E-state index < -0.39 is 0 Å². The highest BCUT2D eigenvalue weighted by molar-refractivity contribution is 5.86. The molecule has 6 heteroatoms. The van der Waals surface area contributed by atoms with Gasteiger partial charge in [0, 0.05) is 22.9 Å². The van der Waals surface area contributed by atoms with Gasteiger partial charge in [-0.1, -0.05) is 19.9 Å². The van der Waals surface area contributed by atoms with Crippen molar-refractivity contribution in [2.75, 3.05) is 13.2 Å². The van der Waals surface area contributed by atoms with Gasteiger partial charge >= 0.3 is 0 Å². The maximum Gasteiger partial charge on any atom is 0.161 e. The smallest absolute Gasteiger partial charge is 0.161 e. The highest BCUT2D eigenvalue weighted by atomic mass is 16.6. The van der Waals surface area contributed by atoms with Crippen molar-refractivity contribution in [3.63, 3.8) is 0 Å². The van der Waals surface area contributed by atoms with Crippen molar-refractivity contribution >= 4 is 0 Å². The van der Waals surface area contributed by atoms with Gasteiger partial charge in [0.05, 0.1) is 0 Å². The number of ether oxygens (including phenoxy) is 2. The predicted octanol–water partition coefficient (Wildman–Crippen LogP) is 4.75. The number of aromatic nitrogens is 2. The minimum atomic E-state index is -0.00477. The summed E-state index contributed by atoms with van der Waals surface area (Å²) in [7, 11) is 0. The van der Waals surface area contributed by atoms with Crippen LogP contribution in [0.5, 0.6) is 23.0 Å². The van der Waals surface area contributed by atoms with Crippen molar-refractivity contribution in [3.05, 3.63) is 41.6 Å². The second-order valence-corrected chi connectivity index (χ2v) is 7.17. The molecular formula is C22H24N2O4. The summed E-state index contributed by atoms with van der Waals surface area (Å²) in [6.45, 7) is 7.12. The van der Waals surface area contributed by atoms with Crippen LogP contribution in [0.1, 0.15) is 37.4 Å². The maximum absolute atomic E-state index is 10.5. The third-order valence-corrected chi connectivity index (χ3v) is 5.32. The van der Waals surface area contributed by atoms with E-state index in [9.17, 15) is 10.2 Å². The average Bonchev–Trinajstić information content (AvgIpc) is 3.08. The Morgan fingerprint density at radius 1 is 1.07 bits per heavy atom. The predicted molar refractivity (Wildman–Crippen MR) is 107 cm³/mol. The summed E-state index contributed by atoms with van der Waals surface area (Å²) in [5, 5.41) is 28.3. The summed E-state index contributed by atoms with van der Waals surface area (Å²) >= 11 is 0. The molecule has 6 nitrogen and oxygen atoms in total. The van der Waals surface area contributed by atoms with E-state index in [0.717, 1.165) is 34.6 Å². The van der Waals surface area contributed by atoms with Crippen molar-refractivity contribution in [1.82, 2.24) is 10.2 Å². The number of nitrogens with one attached hydrogen (secondary N) is 1. The normalized spacial score (nSPS) is 14.1. The quantitative estimate of drug-likeness (QED) is 0.608. The van der Waals surface area contributed by atoms with Gasteiger partial charge in [0.2, 0.25) is 0 Å². The lowest BCUT2D eigenvalue weighted by Crippen LogP contribution is -2.15. The summed E-state index contributed by atoms with van der Waals surface area (Å²) in [5.41, 5.74) is 4.70. The molecule has 3 N–H and O–H groups in total.